The van der Waals surface area contributed by atoms with Gasteiger partial charge in [0.05, 0.1) is 0 Å². The predicted octanol–water partition coefficient (Wildman–Crippen LogP) is 15.2. The molecular weight excluding hydrogens is 655 g/mol. The van der Waals surface area contributed by atoms with Gasteiger partial charge in [0.15, 0.2) is 0 Å². The zero-order valence-corrected chi connectivity index (χ0v) is 33.9. The molecule has 9 rings (SSSR count). The van der Waals surface area contributed by atoms with Gasteiger partial charge in [0.25, 0.3) is 0 Å². The lowest BCUT2D eigenvalue weighted by molar-refractivity contribution is 0.584. The first-order chi connectivity index (χ1) is 25.6. The summed E-state index contributed by atoms with van der Waals surface area (Å²) in [5.74, 6) is 0.817. The summed E-state index contributed by atoms with van der Waals surface area (Å²) < 4.78 is 6.81. The van der Waals surface area contributed by atoms with Gasteiger partial charge in [-0.1, -0.05) is 137 Å². The van der Waals surface area contributed by atoms with Crippen molar-refractivity contribution in [2.24, 2.45) is 0 Å². The Hall–Kier alpha value is -5.08. The van der Waals surface area contributed by atoms with Gasteiger partial charge in [-0.15, -0.1) is 0 Å². The summed E-state index contributed by atoms with van der Waals surface area (Å²) in [6, 6.07) is 41.8. The standard InChI is InChI=1S/C52H53NO/c1-30(2)32-24-42(31(3)4)49-41-23-19-36(29-47(41)54-48(49)25-32)53(34-17-21-39-37-14-12-13-15-43(37)51(8,9)45(39)27-34)35-18-22-40-38-20-16-33(50(5,6)7)26-44(38)52(10,11)46(40)28-35/h12-31H,1-11H3. The minimum absolute atomic E-state index is 0.0877. The summed E-state index contributed by atoms with van der Waals surface area (Å²) in [4.78, 5) is 2.45. The fourth-order valence-corrected chi connectivity index (χ4v) is 9.49. The molecule has 2 heteroatoms. The van der Waals surface area contributed by atoms with Crippen LogP contribution < -0.4 is 4.90 Å². The molecule has 2 nitrogen and oxygen atoms in total. The van der Waals surface area contributed by atoms with Gasteiger partial charge in [-0.25, -0.2) is 0 Å². The number of hydrogen-bond acceptors (Lipinski definition) is 2. The number of anilines is 3. The maximum absolute atomic E-state index is 6.81. The van der Waals surface area contributed by atoms with Crippen LogP contribution in [0.2, 0.25) is 0 Å². The summed E-state index contributed by atoms with van der Waals surface area (Å²) in [6.07, 6.45) is 0. The van der Waals surface area contributed by atoms with Gasteiger partial charge in [0, 0.05) is 44.7 Å². The van der Waals surface area contributed by atoms with E-state index < -0.39 is 0 Å². The second-order valence-corrected chi connectivity index (χ2v) is 18.7. The number of fused-ring (bicyclic) bond motifs is 9. The zero-order chi connectivity index (χ0) is 38.1. The summed E-state index contributed by atoms with van der Waals surface area (Å²) in [6.45, 7) is 25.6. The number of benzene rings is 6. The van der Waals surface area contributed by atoms with E-state index in [0.29, 0.717) is 11.8 Å². The van der Waals surface area contributed by atoms with Crippen molar-refractivity contribution in [2.75, 3.05) is 4.90 Å². The highest BCUT2D eigenvalue weighted by atomic mass is 16.3. The molecule has 2 aliphatic carbocycles. The molecule has 0 aliphatic heterocycles. The Kier molecular flexibility index (Phi) is 7.52. The summed E-state index contributed by atoms with van der Waals surface area (Å²) in [5, 5.41) is 2.42. The Labute approximate surface area is 321 Å². The monoisotopic (exact) mass is 707 g/mol. The van der Waals surface area contributed by atoms with Crippen molar-refractivity contribution in [1.29, 1.82) is 0 Å². The Morgan fingerprint density at radius 1 is 0.519 bits per heavy atom. The smallest absolute Gasteiger partial charge is 0.137 e. The van der Waals surface area contributed by atoms with Crippen molar-refractivity contribution in [3.05, 3.63) is 148 Å². The van der Waals surface area contributed by atoms with Gasteiger partial charge in [0.1, 0.15) is 11.2 Å². The van der Waals surface area contributed by atoms with E-state index in [1.54, 1.807) is 0 Å². The first-order valence-corrected chi connectivity index (χ1v) is 19.9. The number of furan rings is 1. The zero-order valence-electron chi connectivity index (χ0n) is 33.9. The normalized spacial score (nSPS) is 15.2. The van der Waals surface area contributed by atoms with Crippen LogP contribution in [0.4, 0.5) is 17.1 Å². The first kappa shape index (κ1) is 34.7. The van der Waals surface area contributed by atoms with Gasteiger partial charge < -0.3 is 9.32 Å². The second-order valence-electron chi connectivity index (χ2n) is 18.7. The maximum Gasteiger partial charge on any atom is 0.137 e. The number of nitrogens with zero attached hydrogens (tertiary/aromatic N) is 1. The number of hydrogen-bond donors (Lipinski definition) is 0. The summed E-state index contributed by atoms with van der Waals surface area (Å²) in [5.41, 5.74) is 20.1. The predicted molar refractivity (Wildman–Crippen MR) is 230 cm³/mol. The van der Waals surface area contributed by atoms with Gasteiger partial charge in [-0.3, -0.25) is 0 Å². The average molecular weight is 708 g/mol. The maximum atomic E-state index is 6.81. The third-order valence-corrected chi connectivity index (χ3v) is 12.8. The minimum atomic E-state index is -0.140. The molecule has 0 radical (unpaired) electrons. The van der Waals surface area contributed by atoms with Crippen molar-refractivity contribution in [2.45, 2.75) is 104 Å². The van der Waals surface area contributed by atoms with Crippen LogP contribution in [-0.4, -0.2) is 0 Å². The van der Waals surface area contributed by atoms with Crippen molar-refractivity contribution in [3.8, 4) is 22.3 Å². The molecule has 54 heavy (non-hydrogen) atoms. The highest BCUT2D eigenvalue weighted by Crippen LogP contribution is 2.54. The van der Waals surface area contributed by atoms with Crippen LogP contribution in [0.15, 0.2) is 114 Å². The van der Waals surface area contributed by atoms with E-state index in [1.165, 1.54) is 72.0 Å². The van der Waals surface area contributed by atoms with Crippen molar-refractivity contribution < 1.29 is 4.42 Å². The Balaban J connectivity index is 1.25. The molecule has 7 aromatic rings. The van der Waals surface area contributed by atoms with Gasteiger partial charge in [-0.05, 0) is 121 Å². The Bertz CT molecular complexity index is 2650. The SMILES string of the molecule is CC(C)c1cc(C(C)C)c2c(c1)oc1cc(N(c3ccc4c(c3)C(C)(C)c3ccccc3-4)c3ccc4c(c3)C(C)(C)c3cc(C(C)(C)C)ccc3-4)ccc12. The molecule has 2 aliphatic rings. The largest absolute Gasteiger partial charge is 0.456 e. The van der Waals surface area contributed by atoms with E-state index in [4.69, 9.17) is 4.42 Å². The fourth-order valence-electron chi connectivity index (χ4n) is 9.49. The van der Waals surface area contributed by atoms with Crippen LogP contribution in [0.25, 0.3) is 44.2 Å². The third kappa shape index (κ3) is 5.05. The van der Waals surface area contributed by atoms with E-state index in [-0.39, 0.29) is 16.2 Å². The molecule has 6 aromatic carbocycles. The minimum Gasteiger partial charge on any atom is -0.456 e. The van der Waals surface area contributed by atoms with E-state index in [1.807, 2.05) is 0 Å². The second kappa shape index (κ2) is 11.7. The molecule has 272 valence electrons. The van der Waals surface area contributed by atoms with Crippen LogP contribution in [0, 0.1) is 0 Å². The Morgan fingerprint density at radius 2 is 1.06 bits per heavy atom. The van der Waals surface area contributed by atoms with Crippen molar-refractivity contribution >= 4 is 39.0 Å². The lowest BCUT2D eigenvalue weighted by Gasteiger charge is -2.30. The molecule has 0 fully saturated rings. The van der Waals surface area contributed by atoms with Crippen LogP contribution in [0.5, 0.6) is 0 Å². The summed E-state index contributed by atoms with van der Waals surface area (Å²) in [7, 11) is 0. The molecule has 0 atom stereocenters. The van der Waals surface area contributed by atoms with Gasteiger partial charge >= 0.3 is 0 Å². The molecule has 1 aromatic heterocycles. The molecule has 0 spiro atoms. The van der Waals surface area contributed by atoms with Crippen molar-refractivity contribution in [1.82, 2.24) is 0 Å². The van der Waals surface area contributed by atoms with Gasteiger partial charge in [0.2, 0.25) is 0 Å². The molecule has 0 amide bonds. The molecule has 0 saturated heterocycles. The van der Waals surface area contributed by atoms with Crippen LogP contribution in [-0.2, 0) is 16.2 Å². The lowest BCUT2D eigenvalue weighted by Crippen LogP contribution is -2.19. The van der Waals surface area contributed by atoms with E-state index >= 15 is 0 Å². The lowest BCUT2D eigenvalue weighted by atomic mass is 9.79. The quantitative estimate of drug-likeness (QED) is 0.177. The topological polar surface area (TPSA) is 16.4 Å². The first-order valence-electron chi connectivity index (χ1n) is 19.9. The average Bonchev–Trinajstić information content (AvgIpc) is 3.70. The van der Waals surface area contributed by atoms with E-state index in [0.717, 1.165) is 28.2 Å². The van der Waals surface area contributed by atoms with E-state index in [9.17, 15) is 0 Å². The fraction of sp³-hybridized carbons (Fsp3) is 0.308. The Morgan fingerprint density at radius 3 is 1.67 bits per heavy atom. The van der Waals surface area contributed by atoms with Crippen molar-refractivity contribution in [3.63, 3.8) is 0 Å². The van der Waals surface area contributed by atoms with Crippen LogP contribution in [0.3, 0.4) is 0 Å². The number of rotatable bonds is 5. The summed E-state index contributed by atoms with van der Waals surface area (Å²) >= 11 is 0. The molecule has 0 saturated carbocycles. The molecule has 1 heterocycles. The molecule has 0 unspecified atom stereocenters. The molecule has 0 bridgehead atoms. The highest BCUT2D eigenvalue weighted by Gasteiger charge is 2.38. The van der Waals surface area contributed by atoms with Crippen LogP contribution in [0.1, 0.15) is 127 Å². The van der Waals surface area contributed by atoms with E-state index in [2.05, 4.69) is 190 Å². The van der Waals surface area contributed by atoms with Crippen LogP contribution >= 0.6 is 0 Å². The highest BCUT2D eigenvalue weighted by molar-refractivity contribution is 6.08. The van der Waals surface area contributed by atoms with Gasteiger partial charge in [-0.2, -0.15) is 0 Å². The molecule has 0 N–H and O–H groups in total. The molecular formula is C52H53NO. The third-order valence-electron chi connectivity index (χ3n) is 12.8.